The molecule has 1 N–H and O–H groups in total. The Balaban J connectivity index is 1.63. The van der Waals surface area contributed by atoms with Crippen LogP contribution >= 0.6 is 0 Å². The first-order valence-corrected chi connectivity index (χ1v) is 9.66. The average Bonchev–Trinajstić information content (AvgIpc) is 2.86. The highest BCUT2D eigenvalue weighted by atomic mass is 32.2. The maximum Gasteiger partial charge on any atom is 0.212 e. The van der Waals surface area contributed by atoms with Gasteiger partial charge in [-0.15, -0.1) is 0 Å². The third-order valence-corrected chi connectivity index (χ3v) is 5.93. The smallest absolute Gasteiger partial charge is 0.212 e. The predicted octanol–water partition coefficient (Wildman–Crippen LogP) is 2.23. The summed E-state index contributed by atoms with van der Waals surface area (Å²) in [4.78, 5) is 4.46. The predicted molar refractivity (Wildman–Crippen MR) is 90.9 cm³/mol. The molecule has 2 aromatic rings. The molecule has 5 nitrogen and oxygen atoms in total. The van der Waals surface area contributed by atoms with Gasteiger partial charge in [0.05, 0.1) is 11.4 Å². The third kappa shape index (κ3) is 4.00. The van der Waals surface area contributed by atoms with Crippen LogP contribution in [0, 0.1) is 6.92 Å². The van der Waals surface area contributed by atoms with Gasteiger partial charge in [-0.25, -0.2) is 18.1 Å². The van der Waals surface area contributed by atoms with Crippen LogP contribution in [0.2, 0.25) is 0 Å². The summed E-state index contributed by atoms with van der Waals surface area (Å²) in [5, 5.41) is 0. The van der Waals surface area contributed by atoms with E-state index >= 15 is 0 Å². The molecule has 2 atom stereocenters. The zero-order chi connectivity index (χ0) is 16.4. The van der Waals surface area contributed by atoms with Gasteiger partial charge in [0.25, 0.3) is 0 Å². The molecular weight excluding hydrogens is 310 g/mol. The molecule has 3 rings (SSSR count). The Morgan fingerprint density at radius 3 is 2.83 bits per heavy atom. The summed E-state index contributed by atoms with van der Waals surface area (Å²) in [5.41, 5.74) is 2.04. The minimum absolute atomic E-state index is 0.0247. The van der Waals surface area contributed by atoms with Gasteiger partial charge in [0.2, 0.25) is 10.0 Å². The van der Waals surface area contributed by atoms with Crippen LogP contribution in [0.4, 0.5) is 0 Å². The number of aryl methyl sites for hydroxylation is 2. The minimum Gasteiger partial charge on any atom is -0.333 e. The van der Waals surface area contributed by atoms with E-state index in [-0.39, 0.29) is 17.7 Å². The van der Waals surface area contributed by atoms with Gasteiger partial charge in [0.1, 0.15) is 5.82 Å². The molecule has 0 bridgehead atoms. The fraction of sp³-hybridized carbons (Fsp3) is 0.471. The second-order valence-corrected chi connectivity index (χ2v) is 8.20. The van der Waals surface area contributed by atoms with Gasteiger partial charge in [-0.3, -0.25) is 0 Å². The second-order valence-electron chi connectivity index (χ2n) is 6.40. The molecular formula is C17H23N3O2S. The molecule has 0 saturated heterocycles. The van der Waals surface area contributed by atoms with Crippen molar-refractivity contribution in [2.45, 2.75) is 45.2 Å². The summed E-state index contributed by atoms with van der Waals surface area (Å²) in [5.74, 6) is 1.14. The molecule has 0 saturated carbocycles. The number of benzene rings is 1. The Labute approximate surface area is 137 Å². The topological polar surface area (TPSA) is 64.0 Å². The highest BCUT2D eigenvalue weighted by molar-refractivity contribution is 7.89. The lowest BCUT2D eigenvalue weighted by Gasteiger charge is -2.25. The number of nitrogens with zero attached hydrogens (tertiary/aromatic N) is 2. The Morgan fingerprint density at radius 1 is 1.35 bits per heavy atom. The molecule has 1 aliphatic rings. The molecule has 2 unspecified atom stereocenters. The molecule has 23 heavy (non-hydrogen) atoms. The van der Waals surface area contributed by atoms with Crippen LogP contribution in [0.15, 0.2) is 36.5 Å². The SMILES string of the molecule is Cc1cn2c(n1)CCC(NS(=O)(=O)CC(C)c1ccccc1)C2. The van der Waals surface area contributed by atoms with Crippen molar-refractivity contribution in [2.75, 3.05) is 5.75 Å². The van der Waals surface area contributed by atoms with Crippen LogP contribution in [0.1, 0.15) is 36.3 Å². The van der Waals surface area contributed by atoms with Crippen molar-refractivity contribution in [3.63, 3.8) is 0 Å². The number of sulfonamides is 1. The fourth-order valence-electron chi connectivity index (χ4n) is 3.19. The van der Waals surface area contributed by atoms with Crippen molar-refractivity contribution in [2.24, 2.45) is 0 Å². The van der Waals surface area contributed by atoms with E-state index in [1.165, 1.54) is 0 Å². The van der Waals surface area contributed by atoms with Crippen molar-refractivity contribution in [3.05, 3.63) is 53.6 Å². The maximum atomic E-state index is 12.5. The summed E-state index contributed by atoms with van der Waals surface area (Å²) in [7, 11) is -3.31. The van der Waals surface area contributed by atoms with Crippen molar-refractivity contribution in [3.8, 4) is 0 Å². The number of imidazole rings is 1. The normalized spacial score (nSPS) is 19.3. The molecule has 0 radical (unpaired) electrons. The number of hydrogen-bond donors (Lipinski definition) is 1. The summed E-state index contributed by atoms with van der Waals surface area (Å²) in [6, 6.07) is 9.72. The molecule has 1 aromatic carbocycles. The highest BCUT2D eigenvalue weighted by Gasteiger charge is 2.25. The summed E-state index contributed by atoms with van der Waals surface area (Å²) < 4.78 is 29.9. The van der Waals surface area contributed by atoms with Gasteiger partial charge in [0.15, 0.2) is 0 Å². The van der Waals surface area contributed by atoms with Gasteiger partial charge in [-0.1, -0.05) is 37.3 Å². The van der Waals surface area contributed by atoms with E-state index in [0.29, 0.717) is 6.54 Å². The van der Waals surface area contributed by atoms with E-state index in [4.69, 9.17) is 0 Å². The van der Waals surface area contributed by atoms with Crippen LogP contribution in [-0.4, -0.2) is 29.8 Å². The largest absolute Gasteiger partial charge is 0.333 e. The van der Waals surface area contributed by atoms with Gasteiger partial charge in [-0.05, 0) is 24.8 Å². The fourth-order valence-corrected chi connectivity index (χ4v) is 4.84. The summed E-state index contributed by atoms with van der Waals surface area (Å²) in [6.07, 6.45) is 3.60. The molecule has 2 heterocycles. The zero-order valence-corrected chi connectivity index (χ0v) is 14.4. The highest BCUT2D eigenvalue weighted by Crippen LogP contribution is 2.19. The van der Waals surface area contributed by atoms with E-state index in [2.05, 4.69) is 14.3 Å². The molecule has 6 heteroatoms. The summed E-state index contributed by atoms with van der Waals surface area (Å²) >= 11 is 0. The maximum absolute atomic E-state index is 12.5. The molecule has 0 fully saturated rings. The Kier molecular flexibility index (Phi) is 4.55. The lowest BCUT2D eigenvalue weighted by Crippen LogP contribution is -2.42. The van der Waals surface area contributed by atoms with E-state index in [0.717, 1.165) is 29.9 Å². The molecule has 0 spiro atoms. The first-order chi connectivity index (χ1) is 10.9. The number of fused-ring (bicyclic) bond motifs is 1. The average molecular weight is 333 g/mol. The molecule has 0 aliphatic carbocycles. The van der Waals surface area contributed by atoms with Crippen molar-refractivity contribution < 1.29 is 8.42 Å². The Hall–Kier alpha value is -1.66. The second kappa shape index (κ2) is 6.45. The lowest BCUT2D eigenvalue weighted by atomic mass is 10.0. The van der Waals surface area contributed by atoms with E-state index in [1.54, 1.807) is 0 Å². The number of aromatic nitrogens is 2. The van der Waals surface area contributed by atoms with Gasteiger partial charge >= 0.3 is 0 Å². The molecule has 124 valence electrons. The van der Waals surface area contributed by atoms with Crippen LogP contribution in [-0.2, 0) is 23.0 Å². The van der Waals surface area contributed by atoms with Crippen molar-refractivity contribution in [1.29, 1.82) is 0 Å². The third-order valence-electron chi connectivity index (χ3n) is 4.30. The van der Waals surface area contributed by atoms with Crippen LogP contribution in [0.25, 0.3) is 0 Å². The van der Waals surface area contributed by atoms with Gasteiger partial charge in [-0.2, -0.15) is 0 Å². The van der Waals surface area contributed by atoms with E-state index in [1.807, 2.05) is 50.4 Å². The van der Waals surface area contributed by atoms with Crippen LogP contribution in [0.5, 0.6) is 0 Å². The van der Waals surface area contributed by atoms with Crippen molar-refractivity contribution in [1.82, 2.24) is 14.3 Å². The van der Waals surface area contributed by atoms with Crippen LogP contribution in [0.3, 0.4) is 0 Å². The first kappa shape index (κ1) is 16.2. The standard InChI is InChI=1S/C17H23N3O2S/c1-13(15-6-4-3-5-7-15)12-23(21,22)19-16-8-9-17-18-14(2)10-20(17)11-16/h3-7,10,13,16,19H,8-9,11-12H2,1-2H3. The van der Waals surface area contributed by atoms with Crippen molar-refractivity contribution >= 4 is 10.0 Å². The first-order valence-electron chi connectivity index (χ1n) is 8.00. The Bertz CT molecular complexity index is 768. The lowest BCUT2D eigenvalue weighted by molar-refractivity contribution is 0.420. The summed E-state index contributed by atoms with van der Waals surface area (Å²) in [6.45, 7) is 4.58. The Morgan fingerprint density at radius 2 is 2.09 bits per heavy atom. The van der Waals surface area contributed by atoms with Crippen LogP contribution < -0.4 is 4.72 Å². The molecule has 1 aliphatic heterocycles. The van der Waals surface area contributed by atoms with E-state index < -0.39 is 10.0 Å². The monoisotopic (exact) mass is 333 g/mol. The van der Waals surface area contributed by atoms with Gasteiger partial charge in [0, 0.05) is 25.2 Å². The molecule has 1 aromatic heterocycles. The van der Waals surface area contributed by atoms with E-state index in [9.17, 15) is 8.42 Å². The minimum atomic E-state index is -3.31. The number of rotatable bonds is 5. The molecule has 0 amide bonds. The zero-order valence-electron chi connectivity index (χ0n) is 13.6. The quantitative estimate of drug-likeness (QED) is 0.912. The van der Waals surface area contributed by atoms with Gasteiger partial charge < -0.3 is 4.57 Å². The number of hydrogen-bond acceptors (Lipinski definition) is 3. The number of nitrogens with one attached hydrogen (secondary N) is 1.